The number of rotatable bonds is 1. The zero-order valence-corrected chi connectivity index (χ0v) is 10.6. The van der Waals surface area contributed by atoms with Gasteiger partial charge in [0.25, 0.3) is 0 Å². The summed E-state index contributed by atoms with van der Waals surface area (Å²) in [7, 11) is 0. The summed E-state index contributed by atoms with van der Waals surface area (Å²) in [6.07, 6.45) is 0.884. The molecular weight excluding hydrogens is 293 g/mol. The number of halogens is 2. The van der Waals surface area contributed by atoms with Crippen molar-refractivity contribution in [1.82, 2.24) is 5.32 Å². The lowest BCUT2D eigenvalue weighted by Gasteiger charge is -2.21. The lowest BCUT2D eigenvalue weighted by Crippen LogP contribution is -2.39. The van der Waals surface area contributed by atoms with Gasteiger partial charge in [-0.2, -0.15) is 0 Å². The maximum absolute atomic E-state index is 11.6. The van der Waals surface area contributed by atoms with Gasteiger partial charge in [0.1, 0.15) is 0 Å². The topological polar surface area (TPSA) is 46.2 Å². The van der Waals surface area contributed by atoms with Crippen LogP contribution < -0.4 is 5.32 Å². The van der Waals surface area contributed by atoms with Crippen LogP contribution >= 0.6 is 27.5 Å². The Morgan fingerprint density at radius 1 is 1.38 bits per heavy atom. The second kappa shape index (κ2) is 4.55. The van der Waals surface area contributed by atoms with Crippen LogP contribution in [0.5, 0.6) is 0 Å². The third-order valence-electron chi connectivity index (χ3n) is 2.58. The number of imide groups is 1. The third kappa shape index (κ3) is 2.28. The van der Waals surface area contributed by atoms with Crippen molar-refractivity contribution in [2.24, 2.45) is 0 Å². The fourth-order valence-corrected chi connectivity index (χ4v) is 2.58. The second-order valence-electron chi connectivity index (χ2n) is 3.67. The van der Waals surface area contributed by atoms with E-state index in [0.717, 1.165) is 10.0 Å². The van der Waals surface area contributed by atoms with Crippen molar-refractivity contribution in [3.8, 4) is 0 Å². The van der Waals surface area contributed by atoms with Crippen molar-refractivity contribution >= 4 is 39.3 Å². The summed E-state index contributed by atoms with van der Waals surface area (Å²) in [5, 5.41) is 2.87. The number of amides is 2. The number of hydrogen-bond acceptors (Lipinski definition) is 2. The van der Waals surface area contributed by atoms with E-state index in [1.54, 1.807) is 6.07 Å². The van der Waals surface area contributed by atoms with E-state index >= 15 is 0 Å². The Morgan fingerprint density at radius 2 is 2.12 bits per heavy atom. The molecule has 0 radical (unpaired) electrons. The molecule has 0 spiro atoms. The van der Waals surface area contributed by atoms with E-state index in [1.165, 1.54) is 0 Å². The molecule has 1 aromatic carbocycles. The van der Waals surface area contributed by atoms with E-state index in [2.05, 4.69) is 21.2 Å². The third-order valence-corrected chi connectivity index (χ3v) is 3.40. The highest BCUT2D eigenvalue weighted by atomic mass is 79.9. The van der Waals surface area contributed by atoms with Gasteiger partial charge in [0, 0.05) is 15.9 Å². The smallest absolute Gasteiger partial charge is 0.234 e. The minimum absolute atomic E-state index is 0.213. The number of hydrogen-bond donors (Lipinski definition) is 1. The van der Waals surface area contributed by atoms with Gasteiger partial charge in [0.05, 0.1) is 5.92 Å². The first kappa shape index (κ1) is 11.6. The molecule has 5 heteroatoms. The summed E-state index contributed by atoms with van der Waals surface area (Å²) >= 11 is 9.38. The molecular formula is C11H9BrClNO2. The number of carbonyl (C=O) groups is 2. The van der Waals surface area contributed by atoms with Crippen LogP contribution in [0.4, 0.5) is 0 Å². The van der Waals surface area contributed by atoms with Crippen molar-refractivity contribution in [2.75, 3.05) is 0 Å². The molecule has 0 bridgehead atoms. The Morgan fingerprint density at radius 3 is 2.75 bits per heavy atom. The average molecular weight is 303 g/mol. The summed E-state index contributed by atoms with van der Waals surface area (Å²) in [5.41, 5.74) is 0.773. The van der Waals surface area contributed by atoms with E-state index in [9.17, 15) is 9.59 Å². The number of piperidine rings is 1. The molecule has 1 saturated heterocycles. The second-order valence-corrected chi connectivity index (χ2v) is 4.99. The summed E-state index contributed by atoms with van der Waals surface area (Å²) in [5.74, 6) is -0.798. The number of benzene rings is 1. The highest BCUT2D eigenvalue weighted by Crippen LogP contribution is 2.32. The molecule has 1 N–H and O–H groups in total. The van der Waals surface area contributed by atoms with Gasteiger partial charge in [-0.15, -0.1) is 0 Å². The van der Waals surface area contributed by atoms with E-state index in [-0.39, 0.29) is 17.7 Å². The zero-order chi connectivity index (χ0) is 11.7. The largest absolute Gasteiger partial charge is 0.296 e. The van der Waals surface area contributed by atoms with Crippen LogP contribution in [-0.4, -0.2) is 11.8 Å². The van der Waals surface area contributed by atoms with Crippen LogP contribution in [-0.2, 0) is 9.59 Å². The fourth-order valence-electron chi connectivity index (χ4n) is 1.77. The van der Waals surface area contributed by atoms with Crippen LogP contribution in [0, 0.1) is 0 Å². The maximum Gasteiger partial charge on any atom is 0.234 e. The van der Waals surface area contributed by atoms with Crippen LogP contribution in [0.1, 0.15) is 24.3 Å². The number of nitrogens with one attached hydrogen (secondary N) is 1. The summed E-state index contributed by atoms with van der Waals surface area (Å²) in [6.45, 7) is 0. The Balaban J connectivity index is 2.30. The molecule has 1 fully saturated rings. The van der Waals surface area contributed by atoms with Crippen molar-refractivity contribution < 1.29 is 9.59 Å². The molecule has 1 heterocycles. The molecule has 2 amide bonds. The van der Waals surface area contributed by atoms with Gasteiger partial charge in [-0.1, -0.05) is 33.6 Å². The molecule has 2 rings (SSSR count). The quantitative estimate of drug-likeness (QED) is 0.811. The molecule has 1 aliphatic heterocycles. The lowest BCUT2D eigenvalue weighted by atomic mass is 9.90. The Bertz CT molecular complexity index is 461. The molecule has 0 aliphatic carbocycles. The molecule has 1 aliphatic rings. The van der Waals surface area contributed by atoms with Gasteiger partial charge in [-0.05, 0) is 24.1 Å². The Hall–Kier alpha value is -0.870. The molecule has 1 aromatic rings. The predicted molar refractivity (Wildman–Crippen MR) is 64.3 cm³/mol. The van der Waals surface area contributed by atoms with Gasteiger partial charge >= 0.3 is 0 Å². The number of carbonyl (C=O) groups excluding carboxylic acids is 2. The SMILES string of the molecule is O=C1CCC(c2ccc(Br)cc2Cl)C(=O)N1. The minimum atomic E-state index is -0.321. The molecule has 1 unspecified atom stereocenters. The van der Waals surface area contributed by atoms with Crippen LogP contribution in [0.2, 0.25) is 5.02 Å². The monoisotopic (exact) mass is 301 g/mol. The van der Waals surface area contributed by atoms with Crippen LogP contribution in [0.15, 0.2) is 22.7 Å². The molecule has 16 heavy (non-hydrogen) atoms. The van der Waals surface area contributed by atoms with E-state index in [0.29, 0.717) is 17.9 Å². The van der Waals surface area contributed by atoms with Crippen molar-refractivity contribution in [1.29, 1.82) is 0 Å². The first-order chi connectivity index (χ1) is 7.58. The van der Waals surface area contributed by atoms with Gasteiger partial charge in [0.2, 0.25) is 11.8 Å². The van der Waals surface area contributed by atoms with Crippen molar-refractivity contribution in [2.45, 2.75) is 18.8 Å². The normalized spacial score (nSPS) is 20.8. The first-order valence-corrected chi connectivity index (χ1v) is 6.03. The van der Waals surface area contributed by atoms with Crippen molar-refractivity contribution in [3.63, 3.8) is 0 Å². The van der Waals surface area contributed by atoms with Crippen LogP contribution in [0.25, 0.3) is 0 Å². The van der Waals surface area contributed by atoms with Gasteiger partial charge in [-0.25, -0.2) is 0 Å². The van der Waals surface area contributed by atoms with E-state index in [4.69, 9.17) is 11.6 Å². The molecule has 1 atom stereocenters. The lowest BCUT2D eigenvalue weighted by molar-refractivity contribution is -0.134. The zero-order valence-electron chi connectivity index (χ0n) is 8.30. The first-order valence-electron chi connectivity index (χ1n) is 4.86. The van der Waals surface area contributed by atoms with E-state index < -0.39 is 0 Å². The summed E-state index contributed by atoms with van der Waals surface area (Å²) in [4.78, 5) is 22.7. The van der Waals surface area contributed by atoms with Crippen LogP contribution in [0.3, 0.4) is 0 Å². The average Bonchev–Trinajstić information content (AvgIpc) is 2.19. The molecule has 0 aromatic heterocycles. The van der Waals surface area contributed by atoms with Gasteiger partial charge in [0.15, 0.2) is 0 Å². The maximum atomic E-state index is 11.6. The summed E-state index contributed by atoms with van der Waals surface area (Å²) < 4.78 is 0.869. The Labute approximate surface area is 106 Å². The van der Waals surface area contributed by atoms with Crippen molar-refractivity contribution in [3.05, 3.63) is 33.3 Å². The fraction of sp³-hybridized carbons (Fsp3) is 0.273. The van der Waals surface area contributed by atoms with Gasteiger partial charge in [-0.3, -0.25) is 14.9 Å². The predicted octanol–water partition coefficient (Wildman–Crippen LogP) is 2.62. The minimum Gasteiger partial charge on any atom is -0.296 e. The van der Waals surface area contributed by atoms with Gasteiger partial charge < -0.3 is 0 Å². The molecule has 3 nitrogen and oxygen atoms in total. The Kier molecular flexibility index (Phi) is 3.30. The van der Waals surface area contributed by atoms with E-state index in [1.807, 2.05) is 12.1 Å². The summed E-state index contributed by atoms with van der Waals surface area (Å²) in [6, 6.07) is 5.40. The standard InChI is InChI=1S/C11H9BrClNO2/c12-6-1-2-7(9(13)5-6)8-3-4-10(15)14-11(8)16/h1-2,5,8H,3-4H2,(H,14,15,16). The molecule has 84 valence electrons. The highest BCUT2D eigenvalue weighted by molar-refractivity contribution is 9.10. The molecule has 0 saturated carbocycles. The highest BCUT2D eigenvalue weighted by Gasteiger charge is 2.29.